The van der Waals surface area contributed by atoms with E-state index in [-0.39, 0.29) is 132 Å². The number of aromatic amines is 1. The predicted octanol–water partition coefficient (Wildman–Crippen LogP) is -6.92. The molecule has 16 amide bonds. The number of benzene rings is 2. The second-order valence-electron chi connectivity index (χ2n) is 34.4. The highest BCUT2D eigenvalue weighted by Gasteiger charge is 2.43. The summed E-state index contributed by atoms with van der Waals surface area (Å²) in [7, 11) is 1.54. The summed E-state index contributed by atoms with van der Waals surface area (Å²) in [6.45, 7) is 7.05. The number of phenolic OH excluding ortho intramolecular Hbond substituents is 1. The van der Waals surface area contributed by atoms with Crippen molar-refractivity contribution in [3.8, 4) is 5.75 Å². The number of carboxylic acids is 3. The largest absolute Gasteiger partial charge is 0.508 e. The van der Waals surface area contributed by atoms with Gasteiger partial charge in [0.1, 0.15) is 96.4 Å². The van der Waals surface area contributed by atoms with Crippen molar-refractivity contribution in [1.29, 1.82) is 0 Å². The van der Waals surface area contributed by atoms with Gasteiger partial charge in [-0.1, -0.05) is 79.6 Å². The lowest BCUT2D eigenvalue weighted by molar-refractivity contribution is -0.144. The van der Waals surface area contributed by atoms with Crippen LogP contribution in [0.4, 0.5) is 0 Å². The molecule has 1 aromatic heterocycles. The number of fused-ring (bicyclic) bond motifs is 2. The van der Waals surface area contributed by atoms with Crippen molar-refractivity contribution in [3.63, 3.8) is 0 Å². The van der Waals surface area contributed by atoms with E-state index in [0.29, 0.717) is 22.0 Å². The van der Waals surface area contributed by atoms with Gasteiger partial charge in [0.2, 0.25) is 94.5 Å². The molecular formula is C87H135N27O24S4. The lowest BCUT2D eigenvalue weighted by Crippen LogP contribution is -2.61. The van der Waals surface area contributed by atoms with Gasteiger partial charge in [0.05, 0.1) is 25.1 Å². The molecule has 2 saturated heterocycles. The number of para-hydroxylation sites is 1. The zero-order valence-electron chi connectivity index (χ0n) is 80.1. The zero-order valence-corrected chi connectivity index (χ0v) is 83.4. The number of carbonyl (C=O) groups excluding carboxylic acids is 16. The second kappa shape index (κ2) is 60.9. The number of carboxylic acid groups (broad SMARTS) is 3. The molecule has 2 fully saturated rings. The summed E-state index contributed by atoms with van der Waals surface area (Å²) in [5.41, 5.74) is 40.9. The monoisotopic (exact) mass is 2070 g/mol. The number of phenols is 1. The summed E-state index contributed by atoms with van der Waals surface area (Å²) < 4.78 is 0. The van der Waals surface area contributed by atoms with Gasteiger partial charge in [0, 0.05) is 74.0 Å². The van der Waals surface area contributed by atoms with E-state index in [2.05, 4.69) is 99.7 Å². The molecule has 2 aliphatic rings. The number of aliphatic hydroxyl groups excluding tert-OH is 1. The number of aromatic hydroxyl groups is 1. The van der Waals surface area contributed by atoms with Crippen LogP contribution >= 0.6 is 45.1 Å². The van der Waals surface area contributed by atoms with E-state index in [1.165, 1.54) is 74.8 Å². The highest BCUT2D eigenvalue weighted by atomic mass is 33.1. The molecule has 55 heteroatoms. The fraction of sp³-hybridized carbons (Fsp3) is 0.586. The van der Waals surface area contributed by atoms with E-state index in [0.717, 1.165) is 33.4 Å². The maximum absolute atomic E-state index is 15.7. The quantitative estimate of drug-likeness (QED) is 0.0108. The second-order valence-corrected chi connectivity index (χ2v) is 38.9. The van der Waals surface area contributed by atoms with E-state index >= 15 is 33.6 Å². The first-order valence-electron chi connectivity index (χ1n) is 45.8. The number of nitrogens with one attached hydrogen (secondary N) is 16. The topological polar surface area (TPSA) is 844 Å². The first-order valence-corrected chi connectivity index (χ1v) is 51.0. The minimum atomic E-state index is -1.83. The van der Waals surface area contributed by atoms with Gasteiger partial charge in [-0.2, -0.15) is 23.5 Å². The number of aliphatic carboxylic acids is 3. The highest BCUT2D eigenvalue weighted by Crippen LogP contribution is 2.27. The van der Waals surface area contributed by atoms with E-state index in [4.69, 9.17) is 40.1 Å². The Balaban J connectivity index is 1.67. The smallest absolute Gasteiger partial charge is 0.326 e. The molecule has 0 spiro atoms. The molecule has 2 aliphatic heterocycles. The van der Waals surface area contributed by atoms with Gasteiger partial charge < -0.3 is 155 Å². The predicted molar refractivity (Wildman–Crippen MR) is 531 cm³/mol. The van der Waals surface area contributed by atoms with E-state index < -0.39 is 271 Å². The molecule has 5 rings (SSSR count). The number of carbonyl (C=O) groups is 19. The minimum absolute atomic E-state index is 0.00158. The van der Waals surface area contributed by atoms with Crippen molar-refractivity contribution in [2.24, 2.45) is 66.9 Å². The lowest BCUT2D eigenvalue weighted by atomic mass is 9.99. The van der Waals surface area contributed by atoms with Crippen LogP contribution < -0.4 is 120 Å². The number of nitrogens with zero attached hydrogens (tertiary/aromatic N) is 4. The molecule has 35 N–H and O–H groups in total. The molecule has 786 valence electrons. The van der Waals surface area contributed by atoms with Crippen molar-refractivity contribution in [1.82, 2.24) is 89.6 Å². The van der Waals surface area contributed by atoms with Crippen LogP contribution in [-0.2, 0) is 104 Å². The van der Waals surface area contributed by atoms with Crippen LogP contribution in [0.5, 0.6) is 5.75 Å². The van der Waals surface area contributed by atoms with Crippen LogP contribution in [0.25, 0.3) is 10.9 Å². The summed E-state index contributed by atoms with van der Waals surface area (Å²) >= 11 is 2.46. The number of amides is 16. The van der Waals surface area contributed by atoms with E-state index in [1.54, 1.807) is 50.6 Å². The number of hydrogen-bond acceptors (Lipinski definition) is 29. The maximum atomic E-state index is 15.7. The Morgan fingerprint density at radius 3 is 1.66 bits per heavy atom. The summed E-state index contributed by atoms with van der Waals surface area (Å²) in [6, 6.07) is -13.7. The lowest BCUT2D eigenvalue weighted by Gasteiger charge is -2.31. The summed E-state index contributed by atoms with van der Waals surface area (Å²) in [5.74, 6) is -24.3. The third kappa shape index (κ3) is 41.2. The summed E-state index contributed by atoms with van der Waals surface area (Å²) in [5, 5.41) is 88.9. The van der Waals surface area contributed by atoms with Crippen LogP contribution in [-0.4, -0.2) is 337 Å². The molecule has 0 bridgehead atoms. The third-order valence-corrected chi connectivity index (χ3v) is 26.1. The van der Waals surface area contributed by atoms with Crippen LogP contribution in [0.1, 0.15) is 136 Å². The molecule has 3 aromatic rings. The number of rotatable bonds is 49. The van der Waals surface area contributed by atoms with Crippen molar-refractivity contribution < 1.29 is 117 Å². The fourth-order valence-electron chi connectivity index (χ4n) is 14.6. The average molecular weight is 2070 g/mol. The number of aromatic nitrogens is 1. The highest BCUT2D eigenvalue weighted by molar-refractivity contribution is 8.76. The Hall–Kier alpha value is -13.2. The zero-order chi connectivity index (χ0) is 106. The van der Waals surface area contributed by atoms with Gasteiger partial charge in [-0.25, -0.2) is 4.79 Å². The molecule has 3 heterocycles. The Kier molecular flexibility index (Phi) is 51.1. The number of H-pyrrole nitrogens is 1. The van der Waals surface area contributed by atoms with E-state index in [1.807, 2.05) is 0 Å². The Morgan fingerprint density at radius 1 is 0.542 bits per heavy atom. The van der Waals surface area contributed by atoms with E-state index in [9.17, 15) is 83.1 Å². The molecule has 51 nitrogen and oxygen atoms in total. The fourth-order valence-corrected chi connectivity index (χ4v) is 17.9. The molecule has 0 saturated carbocycles. The number of aliphatic imine (C=N–C) groups is 3. The SMILES string of the molecule is CSCC[C@H](NC(=O)[C@H](C)NC(=O)[C@H](CCCN=C(N)N)NC(=O)[C@H](CCSC)NC(=O)[C@@H](NC(=O)[C@@H](N)CC(=O)O)[C@@H](C)O)C(=O)N[C@@H]1CSSC[C@@H](C(=O)N[C@@H](Cc2c[nH]c3ccccc23)C(=O)N[C@@H](CCC(=O)O)C(=O)N[C@H](C(=O)O)C(C)C)NC(=O)[C@@H]2CCCN2C(=O)[C@H](CCCN=C(N)N)NC(=O)[C@H](Cc2ccc(O)cc2)NC(=O)[C@H](C(C)C)NC(=O)[C@H](CCCN=C(N)N)NC(=O)CNC1=O. The number of thioether (sulfide) groups is 2. The van der Waals surface area contributed by atoms with Gasteiger partial charge in [-0.05, 0) is 150 Å². The van der Waals surface area contributed by atoms with Crippen molar-refractivity contribution >= 4 is 186 Å². The molecule has 2 aromatic carbocycles. The van der Waals surface area contributed by atoms with Crippen LogP contribution in [0.2, 0.25) is 0 Å². The Labute approximate surface area is 835 Å². The van der Waals surface area contributed by atoms with Crippen LogP contribution in [0.15, 0.2) is 69.7 Å². The van der Waals surface area contributed by atoms with Crippen molar-refractivity contribution in [2.45, 2.75) is 241 Å². The number of guanidine groups is 3. The van der Waals surface area contributed by atoms with Crippen molar-refractivity contribution in [2.75, 3.05) is 68.2 Å². The van der Waals surface area contributed by atoms with Gasteiger partial charge in [0.25, 0.3) is 0 Å². The molecule has 17 atom stereocenters. The van der Waals surface area contributed by atoms with Crippen LogP contribution in [0, 0.1) is 11.8 Å². The van der Waals surface area contributed by atoms with Gasteiger partial charge in [0.15, 0.2) is 17.9 Å². The number of aliphatic hydroxyl groups is 1. The minimum Gasteiger partial charge on any atom is -0.508 e. The van der Waals surface area contributed by atoms with Gasteiger partial charge in [-0.15, -0.1) is 0 Å². The first-order chi connectivity index (χ1) is 67.1. The van der Waals surface area contributed by atoms with Gasteiger partial charge in [-0.3, -0.25) is 101 Å². The first kappa shape index (κ1) is 119. The maximum Gasteiger partial charge on any atom is 0.326 e. The Morgan fingerprint density at radius 2 is 1.08 bits per heavy atom. The number of hydrogen-bond donors (Lipinski definition) is 28. The normalized spacial score (nSPS) is 19.6. The Bertz CT molecular complexity index is 4950. The molecular weight excluding hydrogens is 1940 g/mol. The standard InChI is InChI=1S/C87H135N27O24S4/c1-42(2)66-81(134)108-58(35-46-21-23-48(116)24-22-46)77(130)106-57(19-13-31-97-87(93)94)83(136)114-32-14-20-62(114)80(133)110-61(79(132)107-59(36-47-38-98-51-16-10-9-15-49(47)51)78(131)104-54(25-26-64(118)119)76(129)112-67(43(3)4)84(137)138)41-142-141-40-60(71(124)99-39-63(117)101-52(75(128)111-66)17-11-29-95-85(89)90)109-74(127)55(27-33-139-7)102-69(122)44(5)100-72(125)53(18-12-30-96-86(91)92)103-73(126)56(28-34-140-8)105-82(135)68(45(6)115)113-70(123)50(88)37-65(120)121/h9-10,15-16,21-24,38,42-45,50,52-62,66-68,98,115-116H,11-14,17-20,25-37,39-41,88H2,1-8H3,(H,99,124)(H,100,125)(H,101,117)(H,102,122)(H,103,126)(H,104,131)(H,105,135)(H,106,130)(H,107,132)(H,108,134)(H,109,127)(H,110,133)(H,111,128)(H,112,129)(H,113,123)(H,118,119)(H,120,121)(H,137,138)(H4,89,90,95)(H4,91,92,96)(H4,93,94,97)/t44-,45+,50-,52-,53-,54-,55-,56-,57-,58-,59-,60+,61-,62-,66-,67-,68-/m0/s1. The summed E-state index contributed by atoms with van der Waals surface area (Å²) in [4.78, 5) is 288. The average Bonchev–Trinajstić information content (AvgIpc) is 1.69. The van der Waals surface area contributed by atoms with Crippen molar-refractivity contribution in [3.05, 3.63) is 65.9 Å². The van der Waals surface area contributed by atoms with Crippen LogP contribution in [0.3, 0.4) is 0 Å². The third-order valence-electron chi connectivity index (χ3n) is 22.3. The summed E-state index contributed by atoms with van der Waals surface area (Å²) in [6.07, 6.45) is -0.608. The molecule has 142 heavy (non-hydrogen) atoms. The molecule has 0 unspecified atom stereocenters. The van der Waals surface area contributed by atoms with Gasteiger partial charge >= 0.3 is 17.9 Å². The molecule has 0 aliphatic carbocycles. The molecule has 0 radical (unpaired) electrons. The number of nitrogens with two attached hydrogens (primary N) is 7.